The van der Waals surface area contributed by atoms with Crippen LogP contribution in [0, 0.1) is 5.82 Å². The highest BCUT2D eigenvalue weighted by Crippen LogP contribution is 2.28. The van der Waals surface area contributed by atoms with Gasteiger partial charge in [0, 0.05) is 16.4 Å². The molecule has 1 aliphatic rings. The van der Waals surface area contributed by atoms with E-state index in [2.05, 4.69) is 16.0 Å². The summed E-state index contributed by atoms with van der Waals surface area (Å²) in [5.74, 6) is -0.621. The van der Waals surface area contributed by atoms with E-state index in [1.54, 1.807) is 43.3 Å². The van der Waals surface area contributed by atoms with Gasteiger partial charge in [0.05, 0.1) is 11.6 Å². The number of hydrogen-bond donors (Lipinski definition) is 3. The fraction of sp³-hybridized carbons (Fsp3) is 0.111. The van der Waals surface area contributed by atoms with Crippen LogP contribution in [-0.2, 0) is 4.79 Å². The van der Waals surface area contributed by atoms with Crippen LogP contribution in [-0.4, -0.2) is 11.0 Å². The van der Waals surface area contributed by atoms with E-state index in [1.807, 2.05) is 0 Å². The number of carbonyl (C=O) groups is 1. The van der Waals surface area contributed by atoms with Gasteiger partial charge in [0.25, 0.3) is 5.91 Å². The topological polar surface area (TPSA) is 53.2 Å². The molecular weight excluding hydrogens is 361 g/mol. The molecule has 0 saturated carbocycles. The Morgan fingerprint density at radius 1 is 1.16 bits per heavy atom. The van der Waals surface area contributed by atoms with Crippen molar-refractivity contribution < 1.29 is 9.18 Å². The molecule has 0 fully saturated rings. The van der Waals surface area contributed by atoms with Gasteiger partial charge >= 0.3 is 0 Å². The molecule has 25 heavy (non-hydrogen) atoms. The van der Waals surface area contributed by atoms with Gasteiger partial charge in [-0.05, 0) is 61.1 Å². The molecule has 3 rings (SSSR count). The summed E-state index contributed by atoms with van der Waals surface area (Å²) in [4.78, 5) is 12.8. The summed E-state index contributed by atoms with van der Waals surface area (Å²) in [5, 5.41) is 9.87. The lowest BCUT2D eigenvalue weighted by atomic mass is 9.95. The largest absolute Gasteiger partial charge is 0.351 e. The Morgan fingerprint density at radius 2 is 1.80 bits per heavy atom. The minimum Gasteiger partial charge on any atom is -0.351 e. The second kappa shape index (κ2) is 7.21. The SMILES string of the molecule is CC1=C(C(=O)Nc2ccc(Cl)cc2)[C@H](c2ccc(F)cc2)NC(=S)N1. The van der Waals surface area contributed by atoms with Crippen LogP contribution in [0.2, 0.25) is 5.02 Å². The highest BCUT2D eigenvalue weighted by molar-refractivity contribution is 7.80. The minimum absolute atomic E-state index is 0.281. The average Bonchev–Trinajstić information content (AvgIpc) is 2.57. The summed E-state index contributed by atoms with van der Waals surface area (Å²) in [7, 11) is 0. The molecular formula is C18H15ClFN3OS. The number of carbonyl (C=O) groups excluding carboxylic acids is 1. The zero-order valence-electron chi connectivity index (χ0n) is 13.3. The zero-order chi connectivity index (χ0) is 18.0. The predicted octanol–water partition coefficient (Wildman–Crippen LogP) is 3.91. The minimum atomic E-state index is -0.471. The van der Waals surface area contributed by atoms with E-state index < -0.39 is 6.04 Å². The van der Waals surface area contributed by atoms with Crippen molar-refractivity contribution >= 4 is 40.5 Å². The number of amides is 1. The molecule has 0 bridgehead atoms. The van der Waals surface area contributed by atoms with E-state index in [4.69, 9.17) is 23.8 Å². The first-order chi connectivity index (χ1) is 11.9. The third kappa shape index (κ3) is 3.97. The summed E-state index contributed by atoms with van der Waals surface area (Å²) in [6.07, 6.45) is 0. The van der Waals surface area contributed by atoms with Crippen molar-refractivity contribution in [1.29, 1.82) is 0 Å². The van der Waals surface area contributed by atoms with Gasteiger partial charge in [-0.1, -0.05) is 23.7 Å². The zero-order valence-corrected chi connectivity index (χ0v) is 14.8. The summed E-state index contributed by atoms with van der Waals surface area (Å²) in [6.45, 7) is 1.78. The summed E-state index contributed by atoms with van der Waals surface area (Å²) >= 11 is 11.1. The van der Waals surface area contributed by atoms with Gasteiger partial charge in [0.2, 0.25) is 0 Å². The Bertz CT molecular complexity index is 850. The first kappa shape index (κ1) is 17.4. The van der Waals surface area contributed by atoms with Gasteiger partial charge in [0.15, 0.2) is 5.11 Å². The van der Waals surface area contributed by atoms with Crippen molar-refractivity contribution in [3.8, 4) is 0 Å². The third-order valence-corrected chi connectivity index (χ3v) is 4.29. The first-order valence-corrected chi connectivity index (χ1v) is 8.33. The quantitative estimate of drug-likeness (QED) is 0.712. The van der Waals surface area contributed by atoms with Gasteiger partial charge in [-0.25, -0.2) is 4.39 Å². The Hall–Kier alpha value is -2.44. The molecule has 1 atom stereocenters. The molecule has 0 aromatic heterocycles. The van der Waals surface area contributed by atoms with Crippen molar-refractivity contribution in [3.05, 3.63) is 76.2 Å². The molecule has 0 spiro atoms. The molecule has 0 unspecified atom stereocenters. The molecule has 1 heterocycles. The molecule has 2 aromatic carbocycles. The highest BCUT2D eigenvalue weighted by Gasteiger charge is 2.29. The van der Waals surface area contributed by atoms with Crippen LogP contribution < -0.4 is 16.0 Å². The molecule has 1 aliphatic heterocycles. The maximum absolute atomic E-state index is 13.2. The van der Waals surface area contributed by atoms with E-state index in [-0.39, 0.29) is 11.7 Å². The second-order valence-electron chi connectivity index (χ2n) is 5.58. The van der Waals surface area contributed by atoms with Crippen molar-refractivity contribution in [1.82, 2.24) is 10.6 Å². The number of allylic oxidation sites excluding steroid dienone is 1. The number of benzene rings is 2. The molecule has 0 aliphatic carbocycles. The Balaban J connectivity index is 1.92. The van der Waals surface area contributed by atoms with E-state index >= 15 is 0 Å². The predicted molar refractivity (Wildman–Crippen MR) is 101 cm³/mol. The van der Waals surface area contributed by atoms with Crippen LogP contribution >= 0.6 is 23.8 Å². The van der Waals surface area contributed by atoms with Crippen LogP contribution in [0.4, 0.5) is 10.1 Å². The molecule has 2 aromatic rings. The number of halogens is 2. The fourth-order valence-electron chi connectivity index (χ4n) is 2.63. The van der Waals surface area contributed by atoms with Gasteiger partial charge < -0.3 is 16.0 Å². The maximum Gasteiger partial charge on any atom is 0.255 e. The third-order valence-electron chi connectivity index (χ3n) is 3.82. The number of hydrogen-bond acceptors (Lipinski definition) is 2. The number of rotatable bonds is 3. The van der Waals surface area contributed by atoms with Crippen LogP contribution in [0.5, 0.6) is 0 Å². The highest BCUT2D eigenvalue weighted by atomic mass is 35.5. The lowest BCUT2D eigenvalue weighted by Gasteiger charge is -2.30. The maximum atomic E-state index is 13.2. The standard InChI is InChI=1S/C18H15ClFN3OS/c1-10-15(17(24)22-14-8-4-12(19)5-9-14)16(23-18(25)21-10)11-2-6-13(20)7-3-11/h2-9,16H,1H3,(H,22,24)(H2,21,23,25)/t16-/m0/s1. The van der Waals surface area contributed by atoms with Crippen molar-refractivity contribution in [3.63, 3.8) is 0 Å². The average molecular weight is 376 g/mol. The molecule has 0 saturated heterocycles. The van der Waals surface area contributed by atoms with Crippen LogP contribution in [0.15, 0.2) is 59.8 Å². The Morgan fingerprint density at radius 3 is 2.44 bits per heavy atom. The van der Waals surface area contributed by atoms with E-state index in [9.17, 15) is 9.18 Å². The monoisotopic (exact) mass is 375 g/mol. The first-order valence-electron chi connectivity index (χ1n) is 7.54. The van der Waals surface area contributed by atoms with Crippen molar-refractivity contribution in [2.75, 3.05) is 5.32 Å². The normalized spacial score (nSPS) is 16.9. The number of nitrogens with one attached hydrogen (secondary N) is 3. The van der Waals surface area contributed by atoms with Gasteiger partial charge in [-0.3, -0.25) is 4.79 Å². The van der Waals surface area contributed by atoms with E-state index in [0.717, 1.165) is 5.56 Å². The van der Waals surface area contributed by atoms with Gasteiger partial charge in [-0.15, -0.1) is 0 Å². The summed E-state index contributed by atoms with van der Waals surface area (Å²) < 4.78 is 13.2. The van der Waals surface area contributed by atoms with Crippen molar-refractivity contribution in [2.24, 2.45) is 0 Å². The number of thiocarbonyl (C=S) groups is 1. The molecule has 7 heteroatoms. The molecule has 4 nitrogen and oxygen atoms in total. The van der Waals surface area contributed by atoms with E-state index in [0.29, 0.717) is 27.1 Å². The van der Waals surface area contributed by atoms with Crippen LogP contribution in [0.1, 0.15) is 18.5 Å². The second-order valence-corrected chi connectivity index (χ2v) is 6.43. The van der Waals surface area contributed by atoms with Gasteiger partial charge in [-0.2, -0.15) is 0 Å². The van der Waals surface area contributed by atoms with Gasteiger partial charge in [0.1, 0.15) is 5.82 Å². The summed E-state index contributed by atoms with van der Waals surface area (Å²) in [5.41, 5.74) is 2.49. The van der Waals surface area contributed by atoms with E-state index in [1.165, 1.54) is 12.1 Å². The van der Waals surface area contributed by atoms with Crippen LogP contribution in [0.25, 0.3) is 0 Å². The molecule has 1 amide bonds. The Kier molecular flexibility index (Phi) is 5.01. The van der Waals surface area contributed by atoms with Crippen molar-refractivity contribution in [2.45, 2.75) is 13.0 Å². The molecule has 128 valence electrons. The lowest BCUT2D eigenvalue weighted by Crippen LogP contribution is -2.45. The molecule has 0 radical (unpaired) electrons. The number of anilines is 1. The fourth-order valence-corrected chi connectivity index (χ4v) is 3.03. The Labute approximate surface area is 155 Å². The summed E-state index contributed by atoms with van der Waals surface area (Å²) in [6, 6.07) is 12.3. The molecule has 3 N–H and O–H groups in total. The smallest absolute Gasteiger partial charge is 0.255 e. The lowest BCUT2D eigenvalue weighted by molar-refractivity contribution is -0.113. The van der Waals surface area contributed by atoms with Crippen LogP contribution in [0.3, 0.4) is 0 Å².